The van der Waals surface area contributed by atoms with Crippen molar-refractivity contribution >= 4 is 23.7 Å². The third-order valence-electron chi connectivity index (χ3n) is 4.36. The van der Waals surface area contributed by atoms with Crippen LogP contribution in [0.15, 0.2) is 47.6 Å². The Morgan fingerprint density at radius 3 is 2.60 bits per heavy atom. The summed E-state index contributed by atoms with van der Waals surface area (Å²) in [5.41, 5.74) is 4.25. The summed E-state index contributed by atoms with van der Waals surface area (Å²) in [5.74, 6) is 0.0483. The van der Waals surface area contributed by atoms with Gasteiger partial charge in [0.25, 0.3) is 0 Å². The largest absolute Gasteiger partial charge is 0.490 e. The Balaban J connectivity index is 1.58. The number of hydrazone groups is 1. The second-order valence-corrected chi connectivity index (χ2v) is 7.29. The minimum Gasteiger partial charge on any atom is -0.490 e. The summed E-state index contributed by atoms with van der Waals surface area (Å²) in [4.78, 5) is 12.0. The SMILES string of the molecule is CCOc1cc(C=NNC(=O)CC2(C)OCCO2)ccc1OCc1ccc(Cl)cc1. The molecule has 1 heterocycles. The Kier molecular flexibility index (Phi) is 7.68. The van der Waals surface area contributed by atoms with Crippen molar-refractivity contribution in [2.75, 3.05) is 19.8 Å². The van der Waals surface area contributed by atoms with Crippen LogP contribution in [0.2, 0.25) is 5.02 Å². The van der Waals surface area contributed by atoms with Crippen molar-refractivity contribution in [1.82, 2.24) is 5.43 Å². The summed E-state index contributed by atoms with van der Waals surface area (Å²) in [7, 11) is 0. The van der Waals surface area contributed by atoms with E-state index in [-0.39, 0.29) is 12.3 Å². The van der Waals surface area contributed by atoms with Crippen molar-refractivity contribution in [2.45, 2.75) is 32.7 Å². The molecule has 8 heteroatoms. The van der Waals surface area contributed by atoms with Gasteiger partial charge < -0.3 is 18.9 Å². The first kappa shape index (κ1) is 22.1. The molecule has 0 bridgehead atoms. The molecule has 0 saturated carbocycles. The zero-order chi connectivity index (χ0) is 21.4. The molecular formula is C22H25ClN2O5. The quantitative estimate of drug-likeness (QED) is 0.480. The lowest BCUT2D eigenvalue weighted by molar-refractivity contribution is -0.159. The molecule has 0 atom stereocenters. The Morgan fingerprint density at radius 2 is 1.90 bits per heavy atom. The number of hydrogen-bond donors (Lipinski definition) is 1. The van der Waals surface area contributed by atoms with E-state index in [2.05, 4.69) is 10.5 Å². The molecule has 1 N–H and O–H groups in total. The highest BCUT2D eigenvalue weighted by Crippen LogP contribution is 2.29. The van der Waals surface area contributed by atoms with E-state index < -0.39 is 5.79 Å². The zero-order valence-electron chi connectivity index (χ0n) is 17.0. The van der Waals surface area contributed by atoms with E-state index in [0.29, 0.717) is 42.9 Å². The van der Waals surface area contributed by atoms with Crippen molar-refractivity contribution in [2.24, 2.45) is 5.10 Å². The molecule has 1 amide bonds. The van der Waals surface area contributed by atoms with Crippen molar-refractivity contribution < 1.29 is 23.7 Å². The molecule has 0 aliphatic carbocycles. The predicted octanol–water partition coefficient (Wildman–Crippen LogP) is 3.92. The van der Waals surface area contributed by atoms with Crippen molar-refractivity contribution in [3.05, 3.63) is 58.6 Å². The maximum Gasteiger partial charge on any atom is 0.245 e. The summed E-state index contributed by atoms with van der Waals surface area (Å²) in [6, 6.07) is 12.9. The summed E-state index contributed by atoms with van der Waals surface area (Å²) in [6.45, 7) is 5.49. The van der Waals surface area contributed by atoms with Gasteiger partial charge in [-0.2, -0.15) is 5.10 Å². The number of rotatable bonds is 9. The van der Waals surface area contributed by atoms with Crippen LogP contribution in [0.1, 0.15) is 31.4 Å². The van der Waals surface area contributed by atoms with Crippen molar-refractivity contribution in [1.29, 1.82) is 0 Å². The van der Waals surface area contributed by atoms with Gasteiger partial charge in [-0.3, -0.25) is 4.79 Å². The number of ether oxygens (including phenoxy) is 4. The average molecular weight is 433 g/mol. The molecule has 1 aliphatic rings. The van der Waals surface area contributed by atoms with E-state index in [9.17, 15) is 4.79 Å². The molecule has 160 valence electrons. The van der Waals surface area contributed by atoms with Gasteiger partial charge in [0.1, 0.15) is 6.61 Å². The highest BCUT2D eigenvalue weighted by Gasteiger charge is 2.33. The number of benzene rings is 2. The number of hydrogen-bond acceptors (Lipinski definition) is 6. The van der Waals surface area contributed by atoms with Crippen LogP contribution in [0.4, 0.5) is 0 Å². The third-order valence-corrected chi connectivity index (χ3v) is 4.61. The second kappa shape index (κ2) is 10.4. The van der Waals surface area contributed by atoms with E-state index in [1.807, 2.05) is 43.3 Å². The van der Waals surface area contributed by atoms with Gasteiger partial charge in [-0.05, 0) is 55.3 Å². The van der Waals surface area contributed by atoms with E-state index in [0.717, 1.165) is 11.1 Å². The van der Waals surface area contributed by atoms with Gasteiger partial charge in [-0.1, -0.05) is 23.7 Å². The van der Waals surface area contributed by atoms with Crippen LogP contribution in [0.5, 0.6) is 11.5 Å². The summed E-state index contributed by atoms with van der Waals surface area (Å²) in [5, 5.41) is 4.69. The fraction of sp³-hybridized carbons (Fsp3) is 0.364. The normalized spacial score (nSPS) is 15.3. The van der Waals surface area contributed by atoms with Gasteiger partial charge in [-0.25, -0.2) is 5.43 Å². The molecule has 1 aliphatic heterocycles. The van der Waals surface area contributed by atoms with Crippen LogP contribution in [-0.4, -0.2) is 37.7 Å². The van der Waals surface area contributed by atoms with E-state index >= 15 is 0 Å². The van der Waals surface area contributed by atoms with Gasteiger partial charge in [0.15, 0.2) is 17.3 Å². The smallest absolute Gasteiger partial charge is 0.245 e. The van der Waals surface area contributed by atoms with Crippen LogP contribution >= 0.6 is 11.6 Å². The fourth-order valence-corrected chi connectivity index (χ4v) is 3.03. The van der Waals surface area contributed by atoms with Crippen LogP contribution < -0.4 is 14.9 Å². The molecule has 1 fully saturated rings. The molecule has 2 aromatic carbocycles. The Bertz CT molecular complexity index is 880. The Morgan fingerprint density at radius 1 is 1.17 bits per heavy atom. The first-order valence-electron chi connectivity index (χ1n) is 9.71. The lowest BCUT2D eigenvalue weighted by Gasteiger charge is -2.20. The lowest BCUT2D eigenvalue weighted by Crippen LogP contribution is -2.33. The number of nitrogens with one attached hydrogen (secondary N) is 1. The highest BCUT2D eigenvalue weighted by atomic mass is 35.5. The minimum atomic E-state index is -0.884. The van der Waals surface area contributed by atoms with Crippen LogP contribution in [-0.2, 0) is 20.9 Å². The van der Waals surface area contributed by atoms with Gasteiger partial charge >= 0.3 is 0 Å². The summed E-state index contributed by atoms with van der Waals surface area (Å²) in [6.07, 6.45) is 1.62. The number of amides is 1. The average Bonchev–Trinajstić information content (AvgIpc) is 3.14. The maximum absolute atomic E-state index is 12.0. The standard InChI is InChI=1S/C22H25ClN2O5/c1-3-27-20-12-17(14-24-25-21(26)13-22(2)29-10-11-30-22)6-9-19(20)28-15-16-4-7-18(23)8-5-16/h4-9,12,14H,3,10-11,13,15H2,1-2H3,(H,25,26). The lowest BCUT2D eigenvalue weighted by atomic mass is 10.2. The molecule has 0 radical (unpaired) electrons. The second-order valence-electron chi connectivity index (χ2n) is 6.86. The number of carbonyl (C=O) groups excluding carboxylic acids is 1. The molecule has 0 aromatic heterocycles. The third kappa shape index (κ3) is 6.45. The topological polar surface area (TPSA) is 78.4 Å². The first-order chi connectivity index (χ1) is 14.5. The van der Waals surface area contributed by atoms with Crippen LogP contribution in [0, 0.1) is 0 Å². The molecule has 0 spiro atoms. The highest BCUT2D eigenvalue weighted by molar-refractivity contribution is 6.30. The summed E-state index contributed by atoms with van der Waals surface area (Å²) >= 11 is 5.91. The van der Waals surface area contributed by atoms with E-state index in [1.165, 1.54) is 0 Å². The predicted molar refractivity (Wildman–Crippen MR) is 114 cm³/mol. The zero-order valence-corrected chi connectivity index (χ0v) is 17.8. The van der Waals surface area contributed by atoms with Crippen LogP contribution in [0.3, 0.4) is 0 Å². The van der Waals surface area contributed by atoms with Gasteiger partial charge in [0, 0.05) is 5.02 Å². The Hall–Kier alpha value is -2.61. The maximum atomic E-state index is 12.0. The monoisotopic (exact) mass is 432 g/mol. The minimum absolute atomic E-state index is 0.0754. The molecular weight excluding hydrogens is 408 g/mol. The van der Waals surface area contributed by atoms with Crippen LogP contribution in [0.25, 0.3) is 0 Å². The Labute approximate surface area is 180 Å². The number of halogens is 1. The van der Waals surface area contributed by atoms with Gasteiger partial charge in [-0.15, -0.1) is 0 Å². The summed E-state index contributed by atoms with van der Waals surface area (Å²) < 4.78 is 22.4. The molecule has 2 aromatic rings. The number of carbonyl (C=O) groups is 1. The van der Waals surface area contributed by atoms with Gasteiger partial charge in [0.2, 0.25) is 5.91 Å². The van der Waals surface area contributed by atoms with E-state index in [1.54, 1.807) is 19.2 Å². The number of nitrogens with zero attached hydrogens (tertiary/aromatic N) is 1. The molecule has 30 heavy (non-hydrogen) atoms. The fourth-order valence-electron chi connectivity index (χ4n) is 2.90. The van der Waals surface area contributed by atoms with Crippen molar-refractivity contribution in [3.8, 4) is 11.5 Å². The van der Waals surface area contributed by atoms with Gasteiger partial charge in [0.05, 0.1) is 32.5 Å². The molecule has 7 nitrogen and oxygen atoms in total. The molecule has 0 unspecified atom stereocenters. The first-order valence-corrected chi connectivity index (χ1v) is 10.1. The molecule has 3 rings (SSSR count). The van der Waals surface area contributed by atoms with E-state index in [4.69, 9.17) is 30.5 Å². The molecule has 1 saturated heterocycles. The van der Waals surface area contributed by atoms with Crippen molar-refractivity contribution in [3.63, 3.8) is 0 Å².